The Bertz CT molecular complexity index is 988. The fraction of sp³-hybridized carbons (Fsp3) is 0.238. The number of thiazole rings is 1. The first-order valence-corrected chi connectivity index (χ1v) is 10.9. The molecule has 1 aliphatic heterocycles. The van der Waals surface area contributed by atoms with E-state index in [1.165, 1.54) is 5.56 Å². The molecule has 1 fully saturated rings. The lowest BCUT2D eigenvalue weighted by atomic mass is 10.1. The maximum absolute atomic E-state index is 12.8. The van der Waals surface area contributed by atoms with E-state index < -0.39 is 0 Å². The summed E-state index contributed by atoms with van der Waals surface area (Å²) < 4.78 is 0. The minimum Gasteiger partial charge on any atom is -0.336 e. The van der Waals surface area contributed by atoms with Gasteiger partial charge in [-0.15, -0.1) is 11.3 Å². The molecule has 3 aromatic rings. The number of hydrogen-bond acceptors (Lipinski definition) is 5. The molecule has 0 radical (unpaired) electrons. The second-order valence-corrected chi connectivity index (χ2v) is 8.51. The lowest BCUT2D eigenvalue weighted by molar-refractivity contribution is 0.0628. The van der Waals surface area contributed by atoms with Crippen LogP contribution in [0.5, 0.6) is 0 Å². The summed E-state index contributed by atoms with van der Waals surface area (Å²) in [7, 11) is 0. The number of amides is 1. The summed E-state index contributed by atoms with van der Waals surface area (Å²) in [6.07, 6.45) is 1.79. The van der Waals surface area contributed by atoms with E-state index in [0.717, 1.165) is 30.5 Å². The maximum Gasteiger partial charge on any atom is 0.255 e. The molecule has 1 amide bonds. The highest BCUT2D eigenvalue weighted by molar-refractivity contribution is 7.13. The van der Waals surface area contributed by atoms with Crippen molar-refractivity contribution in [3.05, 3.63) is 75.2 Å². The molecule has 5 nitrogen and oxygen atoms in total. The van der Waals surface area contributed by atoms with Crippen LogP contribution in [0.2, 0.25) is 10.0 Å². The summed E-state index contributed by atoms with van der Waals surface area (Å²) in [4.78, 5) is 21.2. The number of hydrogen-bond donors (Lipinski definition) is 1. The van der Waals surface area contributed by atoms with Crippen molar-refractivity contribution in [2.45, 2.75) is 6.54 Å². The lowest BCUT2D eigenvalue weighted by Gasteiger charge is -2.35. The summed E-state index contributed by atoms with van der Waals surface area (Å²) in [6, 6.07) is 13.5. The van der Waals surface area contributed by atoms with Gasteiger partial charge in [0, 0.05) is 50.0 Å². The summed E-state index contributed by atoms with van der Waals surface area (Å²) >= 11 is 13.8. The number of benzene rings is 2. The Kier molecular flexibility index (Phi) is 6.35. The van der Waals surface area contributed by atoms with Gasteiger partial charge in [0.15, 0.2) is 5.13 Å². The van der Waals surface area contributed by atoms with Gasteiger partial charge in [-0.2, -0.15) is 0 Å². The van der Waals surface area contributed by atoms with Crippen LogP contribution >= 0.6 is 34.5 Å². The Hall–Kier alpha value is -2.12. The highest BCUT2D eigenvalue weighted by atomic mass is 35.5. The summed E-state index contributed by atoms with van der Waals surface area (Å²) in [5.41, 5.74) is 2.72. The number of nitrogens with one attached hydrogen (secondary N) is 1. The first-order chi connectivity index (χ1) is 14.1. The lowest BCUT2D eigenvalue weighted by Crippen LogP contribution is -2.48. The van der Waals surface area contributed by atoms with Crippen LogP contribution in [0.1, 0.15) is 15.9 Å². The third-order valence-electron chi connectivity index (χ3n) is 4.86. The zero-order valence-electron chi connectivity index (χ0n) is 15.6. The summed E-state index contributed by atoms with van der Waals surface area (Å²) in [5.74, 6) is -0.0632. The second-order valence-electron chi connectivity index (χ2n) is 6.83. The van der Waals surface area contributed by atoms with E-state index in [2.05, 4.69) is 27.3 Å². The molecule has 4 rings (SSSR count). The Labute approximate surface area is 183 Å². The van der Waals surface area contributed by atoms with Crippen molar-refractivity contribution in [2.24, 2.45) is 0 Å². The zero-order chi connectivity index (χ0) is 20.2. The van der Waals surface area contributed by atoms with Gasteiger partial charge in [-0.05, 0) is 29.8 Å². The van der Waals surface area contributed by atoms with E-state index in [0.29, 0.717) is 28.7 Å². The molecule has 8 heteroatoms. The standard InChI is InChI=1S/C21H20Cl2N4OS/c22-18-6-2-5-17(19(18)23)20(28)27-10-8-26(9-11-27)14-15-3-1-4-16(13-15)25-21-24-7-12-29-21/h1-7,12-13H,8-11,14H2,(H,24,25). The van der Waals surface area contributed by atoms with Gasteiger partial charge in [-0.1, -0.05) is 41.4 Å². The molecule has 1 saturated heterocycles. The van der Waals surface area contributed by atoms with Gasteiger partial charge in [0.1, 0.15) is 0 Å². The number of rotatable bonds is 5. The van der Waals surface area contributed by atoms with Crippen LogP contribution in [0.15, 0.2) is 54.0 Å². The van der Waals surface area contributed by atoms with Crippen LogP contribution in [0.25, 0.3) is 0 Å². The van der Waals surface area contributed by atoms with Gasteiger partial charge in [0.05, 0.1) is 15.6 Å². The molecule has 0 atom stereocenters. The number of anilines is 2. The van der Waals surface area contributed by atoms with E-state index in [9.17, 15) is 4.79 Å². The average molecular weight is 447 g/mol. The largest absolute Gasteiger partial charge is 0.336 e. The topological polar surface area (TPSA) is 48.5 Å². The maximum atomic E-state index is 12.8. The number of aromatic nitrogens is 1. The van der Waals surface area contributed by atoms with E-state index >= 15 is 0 Å². The minimum atomic E-state index is -0.0632. The highest BCUT2D eigenvalue weighted by Crippen LogP contribution is 2.27. The van der Waals surface area contributed by atoms with Crippen LogP contribution in [0.4, 0.5) is 10.8 Å². The van der Waals surface area contributed by atoms with Crippen LogP contribution in [-0.2, 0) is 6.54 Å². The van der Waals surface area contributed by atoms with E-state index in [1.54, 1.807) is 35.7 Å². The van der Waals surface area contributed by atoms with Gasteiger partial charge in [0.2, 0.25) is 0 Å². The molecule has 29 heavy (non-hydrogen) atoms. The monoisotopic (exact) mass is 446 g/mol. The number of piperazine rings is 1. The number of halogens is 2. The zero-order valence-corrected chi connectivity index (χ0v) is 18.0. The Morgan fingerprint density at radius 3 is 2.66 bits per heavy atom. The van der Waals surface area contributed by atoms with Crippen molar-refractivity contribution in [3.63, 3.8) is 0 Å². The molecule has 1 aromatic heterocycles. The summed E-state index contributed by atoms with van der Waals surface area (Å²) in [6.45, 7) is 3.80. The molecule has 0 aliphatic carbocycles. The van der Waals surface area contributed by atoms with Crippen molar-refractivity contribution in [1.29, 1.82) is 0 Å². The minimum absolute atomic E-state index is 0.0632. The predicted octanol–water partition coefficient (Wildman–Crippen LogP) is 5.15. The van der Waals surface area contributed by atoms with Crippen LogP contribution in [-0.4, -0.2) is 46.9 Å². The van der Waals surface area contributed by atoms with Crippen molar-refractivity contribution < 1.29 is 4.79 Å². The molecule has 1 aliphatic rings. The van der Waals surface area contributed by atoms with Crippen LogP contribution in [0, 0.1) is 0 Å². The molecule has 0 unspecified atom stereocenters. The molecular weight excluding hydrogens is 427 g/mol. The highest BCUT2D eigenvalue weighted by Gasteiger charge is 2.24. The molecule has 2 aromatic carbocycles. The normalized spacial score (nSPS) is 14.8. The SMILES string of the molecule is O=C(c1cccc(Cl)c1Cl)N1CCN(Cc2cccc(Nc3nccs3)c2)CC1. The molecular formula is C21H20Cl2N4OS. The number of nitrogens with zero attached hydrogens (tertiary/aromatic N) is 3. The quantitative estimate of drug-likeness (QED) is 0.588. The van der Waals surface area contributed by atoms with Crippen molar-refractivity contribution in [2.75, 3.05) is 31.5 Å². The molecule has 2 heterocycles. The molecule has 0 saturated carbocycles. The van der Waals surface area contributed by atoms with Crippen LogP contribution in [0.3, 0.4) is 0 Å². The second kappa shape index (κ2) is 9.13. The Balaban J connectivity index is 1.34. The smallest absolute Gasteiger partial charge is 0.255 e. The van der Waals surface area contributed by atoms with Crippen LogP contribution < -0.4 is 5.32 Å². The third-order valence-corrected chi connectivity index (χ3v) is 6.37. The fourth-order valence-electron chi connectivity index (χ4n) is 3.36. The third kappa shape index (κ3) is 4.90. The first-order valence-electron chi connectivity index (χ1n) is 9.31. The van der Waals surface area contributed by atoms with Gasteiger partial charge in [0.25, 0.3) is 5.91 Å². The Morgan fingerprint density at radius 2 is 1.90 bits per heavy atom. The van der Waals surface area contributed by atoms with Gasteiger partial charge in [-0.3, -0.25) is 9.69 Å². The predicted molar refractivity (Wildman–Crippen MR) is 119 cm³/mol. The van der Waals surface area contributed by atoms with Crippen molar-refractivity contribution in [1.82, 2.24) is 14.8 Å². The molecule has 1 N–H and O–H groups in total. The van der Waals surface area contributed by atoms with Gasteiger partial charge in [-0.25, -0.2) is 4.98 Å². The van der Waals surface area contributed by atoms with Gasteiger partial charge < -0.3 is 10.2 Å². The van der Waals surface area contributed by atoms with Crippen molar-refractivity contribution in [3.8, 4) is 0 Å². The Morgan fingerprint density at radius 1 is 1.10 bits per heavy atom. The average Bonchev–Trinajstić information content (AvgIpc) is 3.23. The molecule has 0 spiro atoms. The molecule has 150 valence electrons. The molecule has 0 bridgehead atoms. The fourth-order valence-corrected chi connectivity index (χ4v) is 4.29. The van der Waals surface area contributed by atoms with Crippen molar-refractivity contribution >= 4 is 51.3 Å². The number of carbonyl (C=O) groups is 1. The van der Waals surface area contributed by atoms with E-state index in [4.69, 9.17) is 23.2 Å². The van der Waals surface area contributed by atoms with Gasteiger partial charge >= 0.3 is 0 Å². The van der Waals surface area contributed by atoms with E-state index in [-0.39, 0.29) is 5.91 Å². The van der Waals surface area contributed by atoms with E-state index in [1.807, 2.05) is 22.4 Å². The summed E-state index contributed by atoms with van der Waals surface area (Å²) in [5, 5.41) is 6.89. The number of carbonyl (C=O) groups excluding carboxylic acids is 1. The first kappa shape index (κ1) is 20.2.